The van der Waals surface area contributed by atoms with Gasteiger partial charge in [-0.2, -0.15) is 0 Å². The smallest absolute Gasteiger partial charge is 0.342 e. The second kappa shape index (κ2) is 14.2. The van der Waals surface area contributed by atoms with Gasteiger partial charge in [0.15, 0.2) is 11.3 Å². The van der Waals surface area contributed by atoms with Gasteiger partial charge in [0, 0.05) is 31.3 Å². The van der Waals surface area contributed by atoms with Gasteiger partial charge in [0.25, 0.3) is 0 Å². The topological polar surface area (TPSA) is 158 Å². The second-order valence-corrected chi connectivity index (χ2v) is 12.4. The predicted octanol–water partition coefficient (Wildman–Crippen LogP) is 3.64. The van der Waals surface area contributed by atoms with Crippen LogP contribution in [0.2, 0.25) is 0 Å². The van der Waals surface area contributed by atoms with E-state index in [-0.39, 0.29) is 53.0 Å². The molecule has 2 aliphatic carbocycles. The Kier molecular flexibility index (Phi) is 10.3. The number of rotatable bonds is 10. The zero-order valence-electron chi connectivity index (χ0n) is 26.1. The highest BCUT2D eigenvalue weighted by Gasteiger charge is 2.42. The molecule has 0 bridgehead atoms. The maximum Gasteiger partial charge on any atom is 0.342 e. The first-order chi connectivity index (χ1) is 22.4. The van der Waals surface area contributed by atoms with E-state index < -0.39 is 53.3 Å². The Bertz CT molecular complexity index is 1710. The van der Waals surface area contributed by atoms with E-state index in [0.29, 0.717) is 50.2 Å². The summed E-state index contributed by atoms with van der Waals surface area (Å²) in [6.07, 6.45) is 4.52. The first-order valence-corrected chi connectivity index (χ1v) is 15.8. The molecule has 5 rings (SSSR count). The van der Waals surface area contributed by atoms with Crippen LogP contribution in [-0.2, 0) is 33.0 Å². The lowest BCUT2D eigenvalue weighted by Crippen LogP contribution is -2.48. The summed E-state index contributed by atoms with van der Waals surface area (Å²) in [7, 11) is 0. The lowest BCUT2D eigenvalue weighted by molar-refractivity contribution is -0.128. The number of fused-ring (bicyclic) bond motifs is 1. The fourth-order valence-electron chi connectivity index (χ4n) is 6.36. The van der Waals surface area contributed by atoms with Crippen molar-refractivity contribution in [2.24, 2.45) is 0 Å². The second-order valence-electron chi connectivity index (χ2n) is 12.4. The van der Waals surface area contributed by atoms with Gasteiger partial charge in [-0.3, -0.25) is 9.59 Å². The van der Waals surface area contributed by atoms with Crippen molar-refractivity contribution in [3.05, 3.63) is 70.0 Å². The molecule has 2 fully saturated rings. The summed E-state index contributed by atoms with van der Waals surface area (Å²) in [5.41, 5.74) is -1.83. The summed E-state index contributed by atoms with van der Waals surface area (Å²) >= 11 is 0. The molecule has 47 heavy (non-hydrogen) atoms. The Morgan fingerprint density at radius 1 is 0.979 bits per heavy atom. The third-order valence-corrected chi connectivity index (χ3v) is 8.60. The highest BCUT2D eigenvalue weighted by molar-refractivity contribution is 6.06. The fourth-order valence-corrected chi connectivity index (χ4v) is 6.36. The van der Waals surface area contributed by atoms with E-state index in [2.05, 4.69) is 22.5 Å². The molecule has 5 N–H and O–H groups in total. The van der Waals surface area contributed by atoms with Crippen molar-refractivity contribution in [1.82, 2.24) is 10.6 Å². The molecule has 0 spiro atoms. The molecular formula is C35H38F2N2O8. The average molecular weight is 653 g/mol. The molecule has 1 aromatic heterocycles. The fraction of sp³-hybridized carbons (Fsp3) is 0.457. The van der Waals surface area contributed by atoms with Crippen LogP contribution in [0.3, 0.4) is 0 Å². The maximum absolute atomic E-state index is 13.8. The van der Waals surface area contributed by atoms with E-state index in [1.54, 1.807) is 12.1 Å². The Balaban J connectivity index is 1.64. The highest BCUT2D eigenvalue weighted by Crippen LogP contribution is 2.44. The molecule has 3 aromatic rings. The van der Waals surface area contributed by atoms with E-state index in [9.17, 15) is 38.5 Å². The van der Waals surface area contributed by atoms with E-state index in [1.807, 2.05) is 0 Å². The Morgan fingerprint density at radius 3 is 2.28 bits per heavy atom. The third kappa shape index (κ3) is 7.99. The Labute approximate surface area is 270 Å². The van der Waals surface area contributed by atoms with Gasteiger partial charge in [0.1, 0.15) is 41.0 Å². The van der Waals surface area contributed by atoms with E-state index in [0.717, 1.165) is 25.0 Å². The van der Waals surface area contributed by atoms with Gasteiger partial charge in [-0.1, -0.05) is 11.8 Å². The molecule has 0 radical (unpaired) electrons. The molecule has 1 heterocycles. The number of amides is 2. The standard InChI is InChI=1S/C35H38F2N2O8/c1-21(41)39-28(32(42)38-12-13-40)18-22-14-24(6-11-34(44)7-2-3-8-34)30-27(17-22)29(31(47-30)35(45)9-4-5-10-35)33(43)46-20-23-15-25(36)19-26(37)16-23/h14-17,19,28,40,44-45H,2-5,7-10,12-13,18,20H2,1H3,(H,38,42)(H,39,41)/t28-/m0/s1. The first-order valence-electron chi connectivity index (χ1n) is 15.8. The van der Waals surface area contributed by atoms with Crippen molar-refractivity contribution in [3.8, 4) is 11.8 Å². The maximum atomic E-state index is 13.8. The van der Waals surface area contributed by atoms with Crippen LogP contribution in [0.4, 0.5) is 8.78 Å². The van der Waals surface area contributed by atoms with Gasteiger partial charge in [-0.15, -0.1) is 0 Å². The molecule has 12 heteroatoms. The summed E-state index contributed by atoms with van der Waals surface area (Å²) < 4.78 is 39.5. The van der Waals surface area contributed by atoms with Crippen molar-refractivity contribution in [1.29, 1.82) is 0 Å². The lowest BCUT2D eigenvalue weighted by Gasteiger charge is -2.20. The molecular weight excluding hydrogens is 614 g/mol. The van der Waals surface area contributed by atoms with E-state index in [4.69, 9.17) is 9.15 Å². The monoisotopic (exact) mass is 652 g/mol. The van der Waals surface area contributed by atoms with Crippen LogP contribution >= 0.6 is 0 Å². The highest BCUT2D eigenvalue weighted by atomic mass is 19.1. The minimum atomic E-state index is -1.50. The van der Waals surface area contributed by atoms with Crippen LogP contribution in [0.1, 0.15) is 91.1 Å². The van der Waals surface area contributed by atoms with Crippen LogP contribution < -0.4 is 10.6 Å². The minimum Gasteiger partial charge on any atom is -0.457 e. The number of carbonyl (C=O) groups excluding carboxylic acids is 3. The van der Waals surface area contributed by atoms with Gasteiger partial charge in [-0.25, -0.2) is 13.6 Å². The number of furan rings is 1. The number of carbonyl (C=O) groups is 3. The molecule has 10 nitrogen and oxygen atoms in total. The molecule has 0 saturated heterocycles. The van der Waals surface area contributed by atoms with Crippen molar-refractivity contribution in [2.75, 3.05) is 13.2 Å². The molecule has 2 aromatic carbocycles. The number of aliphatic hydroxyl groups is 3. The number of hydrogen-bond acceptors (Lipinski definition) is 8. The number of esters is 1. The van der Waals surface area contributed by atoms with Crippen LogP contribution in [0.25, 0.3) is 11.0 Å². The van der Waals surface area contributed by atoms with Crippen molar-refractivity contribution in [3.63, 3.8) is 0 Å². The molecule has 2 amide bonds. The Hall–Kier alpha value is -4.31. The average Bonchev–Trinajstić information content (AvgIpc) is 3.76. The Morgan fingerprint density at radius 2 is 1.64 bits per heavy atom. The van der Waals surface area contributed by atoms with Crippen LogP contribution in [-0.4, -0.2) is 57.9 Å². The number of aliphatic hydroxyl groups excluding tert-OH is 1. The molecule has 0 unspecified atom stereocenters. The number of benzene rings is 2. The molecule has 2 aliphatic rings. The van der Waals surface area contributed by atoms with Gasteiger partial charge in [-0.05, 0) is 86.8 Å². The number of nitrogens with one attached hydrogen (secondary N) is 2. The summed E-state index contributed by atoms with van der Waals surface area (Å²) in [5.74, 6) is 2.34. The van der Waals surface area contributed by atoms with Crippen LogP contribution in [0, 0.1) is 23.5 Å². The number of ether oxygens (including phenoxy) is 1. The van der Waals surface area contributed by atoms with Crippen LogP contribution in [0.5, 0.6) is 0 Å². The number of hydrogen-bond donors (Lipinski definition) is 5. The third-order valence-electron chi connectivity index (χ3n) is 8.60. The summed E-state index contributed by atoms with van der Waals surface area (Å²) in [4.78, 5) is 38.7. The van der Waals surface area contributed by atoms with Crippen molar-refractivity contribution >= 4 is 28.8 Å². The van der Waals surface area contributed by atoms with E-state index >= 15 is 0 Å². The quantitative estimate of drug-likeness (QED) is 0.164. The van der Waals surface area contributed by atoms with Gasteiger partial charge in [0.2, 0.25) is 11.8 Å². The summed E-state index contributed by atoms with van der Waals surface area (Å²) in [6, 6.07) is 4.95. The lowest BCUT2D eigenvalue weighted by atomic mass is 9.93. The molecule has 1 atom stereocenters. The summed E-state index contributed by atoms with van der Waals surface area (Å²) in [5, 5.41) is 37.2. The summed E-state index contributed by atoms with van der Waals surface area (Å²) in [6.45, 7) is 0.463. The minimum absolute atomic E-state index is 0.0284. The van der Waals surface area contributed by atoms with E-state index in [1.165, 1.54) is 6.92 Å². The largest absolute Gasteiger partial charge is 0.457 e. The van der Waals surface area contributed by atoms with Gasteiger partial charge in [0.05, 0.1) is 12.2 Å². The van der Waals surface area contributed by atoms with Crippen LogP contribution in [0.15, 0.2) is 34.7 Å². The first kappa shape index (κ1) is 34.0. The molecule has 2 saturated carbocycles. The predicted molar refractivity (Wildman–Crippen MR) is 166 cm³/mol. The number of halogens is 2. The SMILES string of the molecule is CC(=O)N[C@@H](Cc1cc(C#CC2(O)CCCC2)c2oc(C3(O)CCCC3)c(C(=O)OCc3cc(F)cc(F)c3)c2c1)C(=O)NCCO. The van der Waals surface area contributed by atoms with Crippen molar-refractivity contribution in [2.45, 2.75) is 88.6 Å². The molecule has 250 valence electrons. The van der Waals surface area contributed by atoms with Gasteiger partial charge >= 0.3 is 5.97 Å². The zero-order chi connectivity index (χ0) is 33.8. The van der Waals surface area contributed by atoms with Gasteiger partial charge < -0.3 is 35.1 Å². The normalized spacial score (nSPS) is 17.1. The molecule has 0 aliphatic heterocycles. The zero-order valence-corrected chi connectivity index (χ0v) is 26.1. The van der Waals surface area contributed by atoms with Crippen molar-refractivity contribution < 1.29 is 47.6 Å².